The van der Waals surface area contributed by atoms with Gasteiger partial charge in [0.05, 0.1) is 16.9 Å². The van der Waals surface area contributed by atoms with Crippen LogP contribution in [-0.2, 0) is 0 Å². The molecule has 9 rings (SSSR count). The Morgan fingerprint density at radius 1 is 0.383 bits per heavy atom. The fourth-order valence-electron chi connectivity index (χ4n) is 6.41. The maximum absolute atomic E-state index is 5.08. The van der Waals surface area contributed by atoms with Crippen molar-refractivity contribution in [2.75, 3.05) is 0 Å². The lowest BCUT2D eigenvalue weighted by Crippen LogP contribution is -1.96. The Balaban J connectivity index is 1.17. The second-order valence-corrected chi connectivity index (χ2v) is 12.7. The molecule has 0 aliphatic heterocycles. The van der Waals surface area contributed by atoms with Crippen molar-refractivity contribution in [3.8, 4) is 56.2 Å². The summed E-state index contributed by atoms with van der Waals surface area (Å²) in [4.78, 5) is 16.3. The van der Waals surface area contributed by atoms with Crippen molar-refractivity contribution in [3.63, 3.8) is 0 Å². The van der Waals surface area contributed by atoms with Crippen molar-refractivity contribution in [1.82, 2.24) is 15.0 Å². The molecule has 0 fully saturated rings. The summed E-state index contributed by atoms with van der Waals surface area (Å²) in [5.41, 5.74) is 10.6. The van der Waals surface area contributed by atoms with Crippen LogP contribution in [0.1, 0.15) is 0 Å². The predicted molar refractivity (Wildman–Crippen MR) is 197 cm³/mol. The first kappa shape index (κ1) is 27.3. The molecule has 3 nitrogen and oxygen atoms in total. The van der Waals surface area contributed by atoms with Crippen molar-refractivity contribution in [3.05, 3.63) is 164 Å². The highest BCUT2D eigenvalue weighted by atomic mass is 32.1. The molecule has 0 saturated heterocycles. The second-order valence-electron chi connectivity index (χ2n) is 11.6. The summed E-state index contributed by atoms with van der Waals surface area (Å²) in [6, 6.07) is 57.3. The van der Waals surface area contributed by atoms with Crippen molar-refractivity contribution < 1.29 is 0 Å². The van der Waals surface area contributed by atoms with Crippen molar-refractivity contribution in [2.45, 2.75) is 0 Å². The molecule has 9 aromatic rings. The zero-order valence-corrected chi connectivity index (χ0v) is 26.2. The second kappa shape index (κ2) is 11.4. The Morgan fingerprint density at radius 2 is 0.894 bits per heavy atom. The van der Waals surface area contributed by atoms with Crippen molar-refractivity contribution in [2.24, 2.45) is 0 Å². The topological polar surface area (TPSA) is 38.7 Å². The van der Waals surface area contributed by atoms with Crippen LogP contribution >= 0.6 is 11.3 Å². The number of aromatic nitrogens is 3. The maximum atomic E-state index is 5.08. The van der Waals surface area contributed by atoms with Gasteiger partial charge in [-0.2, -0.15) is 0 Å². The lowest BCUT2D eigenvalue weighted by atomic mass is 9.95. The zero-order chi connectivity index (χ0) is 31.2. The molecular weight excluding hydrogens is 591 g/mol. The number of thiophene rings is 1. The minimum Gasteiger partial charge on any atom is -0.237 e. The molecule has 0 aliphatic carbocycles. The summed E-state index contributed by atoms with van der Waals surface area (Å²) in [6.45, 7) is 0. The van der Waals surface area contributed by atoms with E-state index in [1.165, 1.54) is 32.2 Å². The quantitative estimate of drug-likeness (QED) is 0.193. The Kier molecular flexibility index (Phi) is 6.65. The van der Waals surface area contributed by atoms with Gasteiger partial charge in [0.1, 0.15) is 4.83 Å². The maximum Gasteiger partial charge on any atom is 0.160 e. The van der Waals surface area contributed by atoms with Gasteiger partial charge < -0.3 is 0 Å². The molecule has 0 atom stereocenters. The number of hydrogen-bond acceptors (Lipinski definition) is 4. The average Bonchev–Trinajstić information content (AvgIpc) is 3.52. The number of para-hydroxylation sites is 1. The van der Waals surface area contributed by atoms with Gasteiger partial charge in [0.2, 0.25) is 0 Å². The molecule has 0 bridgehead atoms. The summed E-state index contributed by atoms with van der Waals surface area (Å²) < 4.78 is 1.25. The predicted octanol–water partition coefficient (Wildman–Crippen LogP) is 11.7. The SMILES string of the molecule is c1ccc(-c2ccc(-c3cc(-c4ccc(-c5c6ccccc6nc6sc7ccccc7c56)cc4)nc(-c4ccccc4)n3)cc2)cc1. The van der Waals surface area contributed by atoms with Crippen LogP contribution in [0.4, 0.5) is 0 Å². The molecule has 0 spiro atoms. The van der Waals surface area contributed by atoms with Gasteiger partial charge in [0, 0.05) is 43.1 Å². The molecule has 0 N–H and O–H groups in total. The van der Waals surface area contributed by atoms with Crippen molar-refractivity contribution in [1.29, 1.82) is 0 Å². The smallest absolute Gasteiger partial charge is 0.160 e. The van der Waals surface area contributed by atoms with Gasteiger partial charge in [0.15, 0.2) is 5.82 Å². The van der Waals surface area contributed by atoms with E-state index < -0.39 is 0 Å². The minimum absolute atomic E-state index is 0.709. The normalized spacial score (nSPS) is 11.4. The summed E-state index contributed by atoms with van der Waals surface area (Å²) in [6.07, 6.45) is 0. The summed E-state index contributed by atoms with van der Waals surface area (Å²) in [5.74, 6) is 0.709. The van der Waals surface area contributed by atoms with Crippen LogP contribution < -0.4 is 0 Å². The standard InChI is InChI=1S/C43H27N3S/c1-3-11-28(12-4-1)29-19-21-30(22-20-29)37-27-38(45-42(44-37)33-13-5-2-6-14-33)31-23-25-32(26-24-31)40-34-15-7-9-17-36(34)46-43-41(40)35-16-8-10-18-39(35)47-43/h1-27H. The third kappa shape index (κ3) is 4.96. The molecule has 0 unspecified atom stereocenters. The largest absolute Gasteiger partial charge is 0.237 e. The van der Waals surface area contributed by atoms with E-state index in [9.17, 15) is 0 Å². The highest BCUT2D eigenvalue weighted by Gasteiger charge is 2.17. The first-order chi connectivity index (χ1) is 23.3. The average molecular weight is 618 g/mol. The number of fused-ring (bicyclic) bond motifs is 4. The molecule has 3 heterocycles. The van der Waals surface area contributed by atoms with E-state index in [1.54, 1.807) is 11.3 Å². The molecule has 0 radical (unpaired) electrons. The highest BCUT2D eigenvalue weighted by molar-refractivity contribution is 7.25. The van der Waals surface area contributed by atoms with Gasteiger partial charge >= 0.3 is 0 Å². The van der Waals surface area contributed by atoms with E-state index in [-0.39, 0.29) is 0 Å². The van der Waals surface area contributed by atoms with E-state index in [4.69, 9.17) is 15.0 Å². The molecule has 6 aromatic carbocycles. The summed E-state index contributed by atoms with van der Waals surface area (Å²) in [5, 5.41) is 3.62. The first-order valence-corrected chi connectivity index (χ1v) is 16.5. The van der Waals surface area contributed by atoms with Crippen LogP contribution in [-0.4, -0.2) is 15.0 Å². The van der Waals surface area contributed by atoms with E-state index in [2.05, 4.69) is 140 Å². The van der Waals surface area contributed by atoms with Gasteiger partial charge in [-0.3, -0.25) is 0 Å². The fourth-order valence-corrected chi connectivity index (χ4v) is 7.50. The highest BCUT2D eigenvalue weighted by Crippen LogP contribution is 2.43. The van der Waals surface area contributed by atoms with Crippen LogP contribution in [0.5, 0.6) is 0 Å². The summed E-state index contributed by atoms with van der Waals surface area (Å²) >= 11 is 1.76. The Bertz CT molecular complexity index is 2540. The van der Waals surface area contributed by atoms with Gasteiger partial charge in [-0.1, -0.05) is 146 Å². The molecule has 0 aliphatic rings. The van der Waals surface area contributed by atoms with E-state index in [0.717, 1.165) is 49.4 Å². The van der Waals surface area contributed by atoms with Crippen LogP contribution in [0.2, 0.25) is 0 Å². The lowest BCUT2D eigenvalue weighted by molar-refractivity contribution is 1.18. The van der Waals surface area contributed by atoms with Gasteiger partial charge in [0.25, 0.3) is 0 Å². The van der Waals surface area contributed by atoms with Gasteiger partial charge in [-0.15, -0.1) is 11.3 Å². The van der Waals surface area contributed by atoms with Gasteiger partial charge in [-0.25, -0.2) is 15.0 Å². The Morgan fingerprint density at radius 3 is 1.57 bits per heavy atom. The lowest BCUT2D eigenvalue weighted by Gasteiger charge is -2.12. The van der Waals surface area contributed by atoms with Crippen LogP contribution in [0, 0.1) is 0 Å². The number of hydrogen-bond donors (Lipinski definition) is 0. The summed E-state index contributed by atoms with van der Waals surface area (Å²) in [7, 11) is 0. The van der Waals surface area contributed by atoms with Crippen LogP contribution in [0.15, 0.2) is 164 Å². The molecule has 0 saturated carbocycles. The Labute approximate surface area is 276 Å². The number of rotatable bonds is 5. The molecule has 0 amide bonds. The zero-order valence-electron chi connectivity index (χ0n) is 25.3. The van der Waals surface area contributed by atoms with E-state index in [1.807, 2.05) is 24.3 Å². The minimum atomic E-state index is 0.709. The Hall–Kier alpha value is -5.97. The fraction of sp³-hybridized carbons (Fsp3) is 0. The molecule has 47 heavy (non-hydrogen) atoms. The molecule has 3 aromatic heterocycles. The van der Waals surface area contributed by atoms with Crippen molar-refractivity contribution >= 4 is 42.5 Å². The van der Waals surface area contributed by atoms with E-state index >= 15 is 0 Å². The van der Waals surface area contributed by atoms with Crippen LogP contribution in [0.25, 0.3) is 87.4 Å². The van der Waals surface area contributed by atoms with Gasteiger partial charge in [-0.05, 0) is 34.9 Å². The van der Waals surface area contributed by atoms with E-state index in [0.29, 0.717) is 5.82 Å². The molecule has 4 heteroatoms. The third-order valence-electron chi connectivity index (χ3n) is 8.74. The first-order valence-electron chi connectivity index (χ1n) is 15.7. The molecule has 220 valence electrons. The van der Waals surface area contributed by atoms with Crippen LogP contribution in [0.3, 0.4) is 0 Å². The number of nitrogens with zero attached hydrogens (tertiary/aromatic N) is 3. The molecular formula is C43H27N3S. The number of benzene rings is 6. The monoisotopic (exact) mass is 617 g/mol. The third-order valence-corrected chi connectivity index (χ3v) is 9.80. The number of pyridine rings is 1.